The summed E-state index contributed by atoms with van der Waals surface area (Å²) in [6.07, 6.45) is 2.67. The van der Waals surface area contributed by atoms with E-state index in [1.54, 1.807) is 37.9 Å². The molecule has 7 nitrogen and oxygen atoms in total. The predicted octanol–water partition coefficient (Wildman–Crippen LogP) is 2.76. The highest BCUT2D eigenvalue weighted by molar-refractivity contribution is 5.93. The Hall–Kier alpha value is -3.22. The molecule has 1 aromatic carbocycles. The lowest BCUT2D eigenvalue weighted by Gasteiger charge is -2.17. The van der Waals surface area contributed by atoms with Gasteiger partial charge in [0, 0.05) is 33.9 Å². The Labute approximate surface area is 165 Å². The van der Waals surface area contributed by atoms with Crippen LogP contribution in [0.2, 0.25) is 0 Å². The second kappa shape index (κ2) is 8.21. The molecule has 3 aromatic rings. The SMILES string of the molecule is COc1ccc(CCN(C)C(=O)c2cc(-c3cccn3C)nn2C)cc1OC. The molecule has 0 N–H and O–H groups in total. The Morgan fingerprint density at radius 2 is 1.86 bits per heavy atom. The number of carbonyl (C=O) groups is 1. The molecule has 0 saturated heterocycles. The van der Waals surface area contributed by atoms with Gasteiger partial charge < -0.3 is 18.9 Å². The molecule has 148 valence electrons. The number of aromatic nitrogens is 3. The molecule has 0 fully saturated rings. The summed E-state index contributed by atoms with van der Waals surface area (Å²) in [7, 11) is 8.78. The molecule has 0 radical (unpaired) electrons. The average Bonchev–Trinajstić information content (AvgIpc) is 3.30. The van der Waals surface area contributed by atoms with Crippen LogP contribution >= 0.6 is 0 Å². The van der Waals surface area contributed by atoms with Gasteiger partial charge in [-0.15, -0.1) is 0 Å². The number of aryl methyl sites for hydroxylation is 2. The first-order valence-corrected chi connectivity index (χ1v) is 9.06. The zero-order valence-electron chi connectivity index (χ0n) is 17.0. The summed E-state index contributed by atoms with van der Waals surface area (Å²) in [5.74, 6) is 1.32. The third-order valence-corrected chi connectivity index (χ3v) is 4.84. The van der Waals surface area contributed by atoms with Crippen LogP contribution in [0.1, 0.15) is 16.1 Å². The fourth-order valence-corrected chi connectivity index (χ4v) is 3.15. The Bertz CT molecular complexity index is 974. The van der Waals surface area contributed by atoms with E-state index in [1.807, 2.05) is 54.2 Å². The molecule has 0 aliphatic heterocycles. The number of nitrogens with zero attached hydrogens (tertiary/aromatic N) is 4. The number of amides is 1. The molecule has 1 amide bonds. The quantitative estimate of drug-likeness (QED) is 0.630. The van der Waals surface area contributed by atoms with Gasteiger partial charge in [0.25, 0.3) is 5.91 Å². The molecule has 0 atom stereocenters. The van der Waals surface area contributed by atoms with E-state index in [-0.39, 0.29) is 5.91 Å². The molecule has 7 heteroatoms. The summed E-state index contributed by atoms with van der Waals surface area (Å²) < 4.78 is 14.2. The molecular weight excluding hydrogens is 356 g/mol. The van der Waals surface area contributed by atoms with E-state index in [1.165, 1.54) is 0 Å². The maximum atomic E-state index is 12.9. The van der Waals surface area contributed by atoms with Crippen LogP contribution < -0.4 is 9.47 Å². The van der Waals surface area contributed by atoms with Gasteiger partial charge in [-0.05, 0) is 42.3 Å². The minimum atomic E-state index is -0.0593. The molecule has 0 aliphatic carbocycles. The lowest BCUT2D eigenvalue weighted by Crippen LogP contribution is -2.30. The van der Waals surface area contributed by atoms with E-state index in [9.17, 15) is 4.79 Å². The molecule has 2 aromatic heterocycles. The number of ether oxygens (including phenoxy) is 2. The minimum Gasteiger partial charge on any atom is -0.493 e. The van der Waals surface area contributed by atoms with Crippen LogP contribution in [0.15, 0.2) is 42.6 Å². The molecule has 3 rings (SSSR count). The molecule has 28 heavy (non-hydrogen) atoms. The molecule has 0 unspecified atom stereocenters. The van der Waals surface area contributed by atoms with Crippen LogP contribution in [0.3, 0.4) is 0 Å². The monoisotopic (exact) mass is 382 g/mol. The topological polar surface area (TPSA) is 61.5 Å². The van der Waals surface area contributed by atoms with Crippen molar-refractivity contribution in [2.24, 2.45) is 14.1 Å². The summed E-state index contributed by atoms with van der Waals surface area (Å²) in [5, 5.41) is 4.50. The van der Waals surface area contributed by atoms with E-state index in [0.717, 1.165) is 17.0 Å². The lowest BCUT2D eigenvalue weighted by molar-refractivity contribution is 0.0786. The second-order valence-electron chi connectivity index (χ2n) is 6.71. The number of hydrogen-bond acceptors (Lipinski definition) is 4. The summed E-state index contributed by atoms with van der Waals surface area (Å²) in [4.78, 5) is 14.6. The van der Waals surface area contributed by atoms with Crippen molar-refractivity contribution in [3.05, 3.63) is 53.9 Å². The van der Waals surface area contributed by atoms with E-state index in [0.29, 0.717) is 30.2 Å². The Morgan fingerprint density at radius 3 is 2.50 bits per heavy atom. The van der Waals surface area contributed by atoms with Crippen LogP contribution in [-0.4, -0.2) is 53.0 Å². The Morgan fingerprint density at radius 1 is 1.11 bits per heavy atom. The van der Waals surface area contributed by atoms with Gasteiger partial charge in [-0.25, -0.2) is 0 Å². The van der Waals surface area contributed by atoms with E-state index in [2.05, 4.69) is 5.10 Å². The number of hydrogen-bond donors (Lipinski definition) is 0. The first-order valence-electron chi connectivity index (χ1n) is 9.06. The van der Waals surface area contributed by atoms with Gasteiger partial charge in [0.15, 0.2) is 11.5 Å². The van der Waals surface area contributed by atoms with Crippen molar-refractivity contribution in [3.8, 4) is 22.9 Å². The molecule has 0 spiro atoms. The van der Waals surface area contributed by atoms with Crippen molar-refractivity contribution in [2.75, 3.05) is 27.8 Å². The summed E-state index contributed by atoms with van der Waals surface area (Å²) in [5.41, 5.74) is 3.40. The predicted molar refractivity (Wildman–Crippen MR) is 108 cm³/mol. The Balaban J connectivity index is 1.70. The van der Waals surface area contributed by atoms with Gasteiger partial charge in [0.2, 0.25) is 0 Å². The van der Waals surface area contributed by atoms with Gasteiger partial charge in [-0.1, -0.05) is 6.07 Å². The van der Waals surface area contributed by atoms with Crippen LogP contribution in [0, 0.1) is 0 Å². The zero-order valence-corrected chi connectivity index (χ0v) is 17.0. The van der Waals surface area contributed by atoms with Crippen LogP contribution in [0.4, 0.5) is 0 Å². The highest BCUT2D eigenvalue weighted by Gasteiger charge is 2.19. The van der Waals surface area contributed by atoms with Crippen molar-refractivity contribution in [2.45, 2.75) is 6.42 Å². The largest absolute Gasteiger partial charge is 0.493 e. The van der Waals surface area contributed by atoms with Gasteiger partial charge in [-0.3, -0.25) is 9.48 Å². The van der Waals surface area contributed by atoms with Crippen LogP contribution in [0.25, 0.3) is 11.4 Å². The van der Waals surface area contributed by atoms with Gasteiger partial charge in [0.05, 0.1) is 19.9 Å². The molecule has 0 bridgehead atoms. The maximum absolute atomic E-state index is 12.9. The number of carbonyl (C=O) groups excluding carboxylic acids is 1. The molecule has 0 aliphatic rings. The fourth-order valence-electron chi connectivity index (χ4n) is 3.15. The number of methoxy groups -OCH3 is 2. The van der Waals surface area contributed by atoms with Crippen LogP contribution in [-0.2, 0) is 20.5 Å². The minimum absolute atomic E-state index is 0.0593. The summed E-state index contributed by atoms with van der Waals surface area (Å²) in [6.45, 7) is 0.582. The fraction of sp³-hybridized carbons (Fsp3) is 0.333. The van der Waals surface area contributed by atoms with E-state index < -0.39 is 0 Å². The van der Waals surface area contributed by atoms with E-state index >= 15 is 0 Å². The van der Waals surface area contributed by atoms with Crippen molar-refractivity contribution < 1.29 is 14.3 Å². The van der Waals surface area contributed by atoms with Crippen molar-refractivity contribution >= 4 is 5.91 Å². The van der Waals surface area contributed by atoms with Gasteiger partial charge >= 0.3 is 0 Å². The third-order valence-electron chi connectivity index (χ3n) is 4.84. The number of rotatable bonds is 7. The Kier molecular flexibility index (Phi) is 5.73. The molecule has 0 saturated carbocycles. The van der Waals surface area contributed by atoms with E-state index in [4.69, 9.17) is 9.47 Å². The first kappa shape index (κ1) is 19.5. The number of benzene rings is 1. The first-order chi connectivity index (χ1) is 13.4. The summed E-state index contributed by atoms with van der Waals surface area (Å²) >= 11 is 0. The van der Waals surface area contributed by atoms with Crippen molar-refractivity contribution in [1.82, 2.24) is 19.2 Å². The van der Waals surface area contributed by atoms with Gasteiger partial charge in [-0.2, -0.15) is 5.10 Å². The highest BCUT2D eigenvalue weighted by atomic mass is 16.5. The third kappa shape index (κ3) is 3.88. The second-order valence-corrected chi connectivity index (χ2v) is 6.71. The average molecular weight is 382 g/mol. The normalized spacial score (nSPS) is 10.8. The smallest absolute Gasteiger partial charge is 0.271 e. The van der Waals surface area contributed by atoms with Crippen molar-refractivity contribution in [1.29, 1.82) is 0 Å². The van der Waals surface area contributed by atoms with Gasteiger partial charge in [0.1, 0.15) is 11.4 Å². The maximum Gasteiger partial charge on any atom is 0.271 e. The zero-order chi connectivity index (χ0) is 20.3. The molecular formula is C21H26N4O3. The number of likely N-dealkylation sites (N-methyl/N-ethyl adjacent to an activating group) is 1. The summed E-state index contributed by atoms with van der Waals surface area (Å²) in [6, 6.07) is 11.6. The highest BCUT2D eigenvalue weighted by Crippen LogP contribution is 2.27. The standard InChI is InChI=1S/C21H26N4O3/c1-23-11-6-7-17(23)16-14-18(25(3)22-16)21(26)24(2)12-10-15-8-9-19(27-4)20(13-15)28-5/h6-9,11,13-14H,10,12H2,1-5H3. The van der Waals surface area contributed by atoms with Crippen molar-refractivity contribution in [3.63, 3.8) is 0 Å². The lowest BCUT2D eigenvalue weighted by atomic mass is 10.1. The molecule has 2 heterocycles. The van der Waals surface area contributed by atoms with Crippen LogP contribution in [0.5, 0.6) is 11.5 Å².